The number of amides is 3. The Bertz CT molecular complexity index is 473. The normalized spacial score (nSPS) is 26.4. The van der Waals surface area contributed by atoms with Crippen molar-refractivity contribution in [2.45, 2.75) is 25.9 Å². The third-order valence-electron chi connectivity index (χ3n) is 3.59. The maximum atomic E-state index is 12.1. The number of imide groups is 1. The highest BCUT2D eigenvalue weighted by atomic mass is 16.5. The number of primary amides is 1. The Kier molecular flexibility index (Phi) is 3.87. The quantitative estimate of drug-likeness (QED) is 0.418. The molecule has 7 heteroatoms. The predicted molar refractivity (Wildman–Crippen MR) is 66.8 cm³/mol. The Morgan fingerprint density at radius 3 is 2.25 bits per heavy atom. The summed E-state index contributed by atoms with van der Waals surface area (Å²) in [4.78, 5) is 47.5. The van der Waals surface area contributed by atoms with Gasteiger partial charge in [-0.1, -0.05) is 12.2 Å². The fraction of sp³-hybridized carbons (Fsp3) is 0.538. The first-order valence-electron chi connectivity index (χ1n) is 6.41. The number of likely N-dealkylation sites (tertiary alicyclic amines) is 1. The van der Waals surface area contributed by atoms with Crippen molar-refractivity contribution in [1.29, 1.82) is 0 Å². The minimum atomic E-state index is -1.08. The topological polar surface area (TPSA) is 107 Å². The molecule has 0 aromatic heterocycles. The van der Waals surface area contributed by atoms with Crippen LogP contribution in [-0.2, 0) is 23.9 Å². The standard InChI is InChI=1S/C13H16N2O5/c1-7(11(14)17)20-10(16)6-15-12(18)8-4-2-3-5-9(8)13(15)19/h2-3,7-9H,4-6H2,1H3,(H2,14,17)/t7-,8+,9+/m1/s1. The molecule has 2 N–H and O–H groups in total. The summed E-state index contributed by atoms with van der Waals surface area (Å²) in [5.41, 5.74) is 4.97. The zero-order valence-corrected chi connectivity index (χ0v) is 11.1. The molecule has 1 saturated heterocycles. The van der Waals surface area contributed by atoms with Gasteiger partial charge in [0, 0.05) is 0 Å². The van der Waals surface area contributed by atoms with Gasteiger partial charge in [0.25, 0.3) is 5.91 Å². The lowest BCUT2D eigenvalue weighted by molar-refractivity contribution is -0.158. The highest BCUT2D eigenvalue weighted by Gasteiger charge is 2.47. The van der Waals surface area contributed by atoms with Gasteiger partial charge in [0.2, 0.25) is 11.8 Å². The Balaban J connectivity index is 2.00. The third kappa shape index (κ3) is 2.56. The predicted octanol–water partition coefficient (Wildman–Crippen LogP) is -0.645. The molecule has 2 rings (SSSR count). The van der Waals surface area contributed by atoms with Crippen LogP contribution in [0.4, 0.5) is 0 Å². The van der Waals surface area contributed by atoms with Crippen LogP contribution >= 0.6 is 0 Å². The highest BCUT2D eigenvalue weighted by Crippen LogP contribution is 2.34. The van der Waals surface area contributed by atoms with E-state index in [9.17, 15) is 19.2 Å². The molecule has 0 saturated carbocycles. The Labute approximate surface area is 115 Å². The molecule has 108 valence electrons. The zero-order valence-electron chi connectivity index (χ0n) is 11.1. The Morgan fingerprint density at radius 1 is 1.30 bits per heavy atom. The van der Waals surface area contributed by atoms with E-state index in [2.05, 4.69) is 0 Å². The maximum Gasteiger partial charge on any atom is 0.326 e. The lowest BCUT2D eigenvalue weighted by Gasteiger charge is -2.15. The molecule has 3 atom stereocenters. The van der Waals surface area contributed by atoms with Crippen molar-refractivity contribution >= 4 is 23.7 Å². The zero-order chi connectivity index (χ0) is 14.9. The van der Waals surface area contributed by atoms with Crippen LogP contribution in [0.2, 0.25) is 0 Å². The molecular formula is C13H16N2O5. The van der Waals surface area contributed by atoms with E-state index in [1.807, 2.05) is 12.2 Å². The fourth-order valence-electron chi connectivity index (χ4n) is 2.45. The van der Waals surface area contributed by atoms with Crippen LogP contribution in [-0.4, -0.2) is 41.2 Å². The van der Waals surface area contributed by atoms with Gasteiger partial charge in [-0.3, -0.25) is 24.1 Å². The summed E-state index contributed by atoms with van der Waals surface area (Å²) >= 11 is 0. The van der Waals surface area contributed by atoms with Crippen molar-refractivity contribution in [1.82, 2.24) is 4.90 Å². The largest absolute Gasteiger partial charge is 0.451 e. The number of allylic oxidation sites excluding steroid dienone is 2. The summed E-state index contributed by atoms with van der Waals surface area (Å²) < 4.78 is 4.75. The van der Waals surface area contributed by atoms with Crippen molar-refractivity contribution in [3.63, 3.8) is 0 Å². The van der Waals surface area contributed by atoms with Crippen molar-refractivity contribution in [2.24, 2.45) is 17.6 Å². The number of rotatable bonds is 4. The average Bonchev–Trinajstić information content (AvgIpc) is 2.64. The number of nitrogens with zero attached hydrogens (tertiary/aromatic N) is 1. The Hall–Kier alpha value is -2.18. The number of esters is 1. The van der Waals surface area contributed by atoms with Gasteiger partial charge >= 0.3 is 5.97 Å². The van der Waals surface area contributed by atoms with E-state index in [4.69, 9.17) is 10.5 Å². The number of ether oxygens (including phenoxy) is 1. The van der Waals surface area contributed by atoms with Crippen LogP contribution in [0.15, 0.2) is 12.2 Å². The molecule has 2 aliphatic rings. The summed E-state index contributed by atoms with van der Waals surface area (Å²) in [5, 5.41) is 0. The third-order valence-corrected chi connectivity index (χ3v) is 3.59. The molecule has 0 aromatic carbocycles. The number of nitrogens with two attached hydrogens (primary N) is 1. The van der Waals surface area contributed by atoms with Gasteiger partial charge < -0.3 is 10.5 Å². The van der Waals surface area contributed by atoms with Gasteiger partial charge in [-0.05, 0) is 19.8 Å². The first kappa shape index (κ1) is 14.2. The monoisotopic (exact) mass is 280 g/mol. The van der Waals surface area contributed by atoms with E-state index in [0.29, 0.717) is 12.8 Å². The van der Waals surface area contributed by atoms with Crippen LogP contribution in [0, 0.1) is 11.8 Å². The smallest absolute Gasteiger partial charge is 0.326 e. The first-order chi connectivity index (χ1) is 9.41. The number of hydrogen-bond donors (Lipinski definition) is 1. The molecule has 0 aromatic rings. The lowest BCUT2D eigenvalue weighted by atomic mass is 9.85. The van der Waals surface area contributed by atoms with Crippen LogP contribution in [0.5, 0.6) is 0 Å². The highest BCUT2D eigenvalue weighted by molar-refractivity contribution is 6.07. The van der Waals surface area contributed by atoms with E-state index in [0.717, 1.165) is 4.90 Å². The minimum absolute atomic E-state index is 0.354. The van der Waals surface area contributed by atoms with Gasteiger partial charge in [-0.15, -0.1) is 0 Å². The average molecular weight is 280 g/mol. The summed E-state index contributed by atoms with van der Waals surface area (Å²) in [6.07, 6.45) is 3.67. The molecule has 1 aliphatic carbocycles. The van der Waals surface area contributed by atoms with Gasteiger partial charge in [0.15, 0.2) is 6.10 Å². The van der Waals surface area contributed by atoms with Gasteiger partial charge in [0.05, 0.1) is 11.8 Å². The second-order valence-electron chi connectivity index (χ2n) is 4.95. The van der Waals surface area contributed by atoms with E-state index < -0.39 is 24.5 Å². The number of carbonyl (C=O) groups excluding carboxylic acids is 4. The second kappa shape index (κ2) is 5.44. The van der Waals surface area contributed by atoms with Crippen molar-refractivity contribution in [3.05, 3.63) is 12.2 Å². The molecule has 1 fully saturated rings. The molecule has 3 amide bonds. The molecule has 0 unspecified atom stereocenters. The van der Waals surface area contributed by atoms with Gasteiger partial charge in [-0.2, -0.15) is 0 Å². The molecule has 0 spiro atoms. The molecule has 0 radical (unpaired) electrons. The summed E-state index contributed by atoms with van der Waals surface area (Å²) in [6, 6.07) is 0. The van der Waals surface area contributed by atoms with Crippen LogP contribution in [0.3, 0.4) is 0 Å². The van der Waals surface area contributed by atoms with Crippen LogP contribution in [0.1, 0.15) is 19.8 Å². The molecule has 7 nitrogen and oxygen atoms in total. The fourth-order valence-corrected chi connectivity index (χ4v) is 2.45. The molecule has 20 heavy (non-hydrogen) atoms. The number of hydrogen-bond acceptors (Lipinski definition) is 5. The van der Waals surface area contributed by atoms with Crippen molar-refractivity contribution < 1.29 is 23.9 Å². The molecule has 1 aliphatic heterocycles. The maximum absolute atomic E-state index is 12.1. The molecular weight excluding hydrogens is 264 g/mol. The Morgan fingerprint density at radius 2 is 1.80 bits per heavy atom. The summed E-state index contributed by atoms with van der Waals surface area (Å²) in [5.74, 6) is -3.07. The number of fused-ring (bicyclic) bond motifs is 1. The summed E-state index contributed by atoms with van der Waals surface area (Å²) in [7, 11) is 0. The summed E-state index contributed by atoms with van der Waals surface area (Å²) in [6.45, 7) is 0.861. The number of carbonyl (C=O) groups is 4. The van der Waals surface area contributed by atoms with E-state index in [1.165, 1.54) is 6.92 Å². The SMILES string of the molecule is C[C@@H](OC(=O)CN1C(=O)[C@H]2CC=CC[C@@H]2C1=O)C(N)=O. The van der Waals surface area contributed by atoms with E-state index in [-0.39, 0.29) is 23.7 Å². The van der Waals surface area contributed by atoms with E-state index in [1.54, 1.807) is 0 Å². The van der Waals surface area contributed by atoms with Crippen LogP contribution < -0.4 is 5.73 Å². The van der Waals surface area contributed by atoms with Crippen molar-refractivity contribution in [2.75, 3.05) is 6.54 Å². The van der Waals surface area contributed by atoms with Crippen LogP contribution in [0.25, 0.3) is 0 Å². The first-order valence-corrected chi connectivity index (χ1v) is 6.41. The van der Waals surface area contributed by atoms with Gasteiger partial charge in [-0.25, -0.2) is 0 Å². The lowest BCUT2D eigenvalue weighted by Crippen LogP contribution is -2.39. The van der Waals surface area contributed by atoms with E-state index >= 15 is 0 Å². The molecule has 0 bridgehead atoms. The second-order valence-corrected chi connectivity index (χ2v) is 4.95. The van der Waals surface area contributed by atoms with Gasteiger partial charge in [0.1, 0.15) is 6.54 Å². The minimum Gasteiger partial charge on any atom is -0.451 e. The molecule has 1 heterocycles. The van der Waals surface area contributed by atoms with Crippen molar-refractivity contribution in [3.8, 4) is 0 Å².